The summed E-state index contributed by atoms with van der Waals surface area (Å²) in [5, 5.41) is 0. The summed E-state index contributed by atoms with van der Waals surface area (Å²) in [6.45, 7) is 52.9. The SMILES string of the molecule is C1=CCC=CC1.C1=CCC=CC1.C1=CCC=CC1.C1=CCC=CC1.C1=CCC=CC1.C1=CCC=CC1.C1=CCC=CC1.C1=CCC=CC1.C=CCC.C=CCC.C=CCC.C=CCC.C=CCC.C=CCC.C=CCC.C=CCC.CCC=CCC.CCC=CCC. The molecule has 520 valence electrons. The molecule has 0 amide bonds. The third-order valence-electron chi connectivity index (χ3n) is 10.6. The molecule has 0 spiro atoms. The van der Waals surface area contributed by atoms with Gasteiger partial charge in [0.15, 0.2) is 0 Å². The summed E-state index contributed by atoms with van der Waals surface area (Å²) in [6.07, 6.45) is 125. The van der Waals surface area contributed by atoms with Crippen LogP contribution in [0.5, 0.6) is 0 Å². The average Bonchev–Trinajstić information content (AvgIpc) is 3.69. The van der Waals surface area contributed by atoms with Crippen molar-refractivity contribution in [2.24, 2.45) is 0 Å². The van der Waals surface area contributed by atoms with Gasteiger partial charge in [-0.05, 0) is 180 Å². The normalized spacial score (nSPS) is 13.3. The molecule has 0 heteroatoms. The highest BCUT2D eigenvalue weighted by Gasteiger charge is 1.81. The number of hydrogen-bond acceptors (Lipinski definition) is 0. The van der Waals surface area contributed by atoms with Crippen molar-refractivity contribution in [2.75, 3.05) is 0 Å². The molecule has 0 saturated heterocycles. The van der Waals surface area contributed by atoms with Gasteiger partial charge in [0.1, 0.15) is 0 Å². The fourth-order valence-electron chi connectivity index (χ4n) is 5.00. The molecule has 0 aromatic carbocycles. The van der Waals surface area contributed by atoms with Crippen LogP contribution in [0.4, 0.5) is 0 Å². The predicted octanol–water partition coefficient (Wildman–Crippen LogP) is 32.5. The lowest BCUT2D eigenvalue weighted by atomic mass is 10.2. The van der Waals surface area contributed by atoms with Gasteiger partial charge in [0.25, 0.3) is 0 Å². The fraction of sp³-hybridized carbons (Fsp3) is 0.435. The summed E-state index contributed by atoms with van der Waals surface area (Å²) >= 11 is 0. The van der Waals surface area contributed by atoms with E-state index in [0.717, 1.165) is 154 Å². The summed E-state index contributed by atoms with van der Waals surface area (Å²) in [5.41, 5.74) is 0. The molecule has 0 N–H and O–H groups in total. The van der Waals surface area contributed by atoms with Crippen molar-refractivity contribution in [1.29, 1.82) is 0 Å². The first-order valence-electron chi connectivity index (χ1n) is 35.7. The molecule has 0 radical (unpaired) electrons. The first-order valence-corrected chi connectivity index (χ1v) is 35.7. The van der Waals surface area contributed by atoms with E-state index in [9.17, 15) is 0 Å². The van der Waals surface area contributed by atoms with Gasteiger partial charge in [-0.15, -0.1) is 52.6 Å². The van der Waals surface area contributed by atoms with Gasteiger partial charge < -0.3 is 0 Å². The van der Waals surface area contributed by atoms with Gasteiger partial charge in [-0.25, -0.2) is 0 Å². The van der Waals surface area contributed by atoms with Crippen LogP contribution >= 0.6 is 0 Å². The molecule has 92 heavy (non-hydrogen) atoms. The van der Waals surface area contributed by atoms with Gasteiger partial charge in [0.05, 0.1) is 0 Å². The van der Waals surface area contributed by atoms with Crippen LogP contribution in [-0.2, 0) is 0 Å². The smallest absolute Gasteiger partial charge is 0.0169 e. The van der Waals surface area contributed by atoms with Crippen LogP contribution in [0.2, 0.25) is 0 Å². The monoisotopic (exact) mass is 1260 g/mol. The van der Waals surface area contributed by atoms with Crippen molar-refractivity contribution in [3.8, 4) is 0 Å². The summed E-state index contributed by atoms with van der Waals surface area (Å²) in [6, 6.07) is 0. The van der Waals surface area contributed by atoms with E-state index in [1.807, 2.05) is 48.6 Å². The Balaban J connectivity index is -0.0000000971. The van der Waals surface area contributed by atoms with Gasteiger partial charge in [0, 0.05) is 0 Å². The lowest BCUT2D eigenvalue weighted by Crippen LogP contribution is -1.66. The van der Waals surface area contributed by atoms with Crippen molar-refractivity contribution in [2.45, 2.75) is 263 Å². The van der Waals surface area contributed by atoms with Crippen LogP contribution in [0.15, 0.2) is 320 Å². The van der Waals surface area contributed by atoms with E-state index in [4.69, 9.17) is 0 Å². The minimum Gasteiger partial charge on any atom is -0.103 e. The Morgan fingerprint density at radius 3 is 0.217 bits per heavy atom. The maximum absolute atomic E-state index is 3.48. The number of hydrogen-bond donors (Lipinski definition) is 0. The zero-order chi connectivity index (χ0) is 70.9. The van der Waals surface area contributed by atoms with Gasteiger partial charge >= 0.3 is 0 Å². The molecule has 8 aliphatic rings. The molecule has 0 nitrogen and oxygen atoms in total. The summed E-state index contributed by atoms with van der Waals surface area (Å²) in [7, 11) is 0. The maximum Gasteiger partial charge on any atom is -0.0169 e. The van der Waals surface area contributed by atoms with Crippen LogP contribution in [0.1, 0.15) is 263 Å². The first kappa shape index (κ1) is 107. The molecule has 0 aromatic rings. The molecular formula is C92H152. The molecule has 8 aliphatic carbocycles. The van der Waals surface area contributed by atoms with E-state index < -0.39 is 0 Å². The van der Waals surface area contributed by atoms with Gasteiger partial charge in [0.2, 0.25) is 0 Å². The standard InChI is InChI=1S/8C6H8.2C6H12.8C4H8/c8*1-2-4-6-5-3-1;2*1-3-5-6-4-2;8*1-3-4-2/h8*1-2,5-6H,3-4H2;2*5-6H,3-4H2,1-2H3;8*3H,1,4H2,2H3. The Morgan fingerprint density at radius 1 is 0.141 bits per heavy atom. The molecule has 0 aliphatic heterocycles. The Labute approximate surface area is 579 Å². The quantitative estimate of drug-likeness (QED) is 0.171. The number of allylic oxidation sites excluding steroid dienone is 44. The zero-order valence-corrected chi connectivity index (χ0v) is 62.9. The van der Waals surface area contributed by atoms with Crippen LogP contribution in [0.25, 0.3) is 0 Å². The van der Waals surface area contributed by atoms with Crippen LogP contribution < -0.4 is 0 Å². The van der Waals surface area contributed by atoms with Crippen LogP contribution in [0.3, 0.4) is 0 Å². The first-order chi connectivity index (χ1) is 45.1. The Morgan fingerprint density at radius 2 is 0.196 bits per heavy atom. The maximum atomic E-state index is 3.48. The molecule has 0 aromatic heterocycles. The summed E-state index contributed by atoms with van der Waals surface area (Å²) < 4.78 is 0. The summed E-state index contributed by atoms with van der Waals surface area (Å²) in [4.78, 5) is 0. The van der Waals surface area contributed by atoms with Crippen molar-refractivity contribution in [3.63, 3.8) is 0 Å². The van der Waals surface area contributed by atoms with Crippen LogP contribution in [-0.4, -0.2) is 0 Å². The molecule has 0 unspecified atom stereocenters. The number of rotatable bonds is 12. The van der Waals surface area contributed by atoms with E-state index in [1.165, 1.54) is 25.7 Å². The Bertz CT molecular complexity index is 1360. The highest BCUT2D eigenvalue weighted by Crippen LogP contribution is 2.01. The predicted molar refractivity (Wildman–Crippen MR) is 443 cm³/mol. The lowest BCUT2D eigenvalue weighted by Gasteiger charge is -1.87. The second-order valence-electron chi connectivity index (χ2n) is 19.5. The van der Waals surface area contributed by atoms with E-state index >= 15 is 0 Å². The molecule has 0 heterocycles. The second-order valence-corrected chi connectivity index (χ2v) is 19.5. The molecule has 0 saturated carbocycles. The largest absolute Gasteiger partial charge is 0.103 e. The minimum absolute atomic E-state index is 1.08. The van der Waals surface area contributed by atoms with Crippen molar-refractivity contribution in [3.05, 3.63) is 320 Å². The highest BCUT2D eigenvalue weighted by molar-refractivity contribution is 5.07. The molecule has 0 fully saturated rings. The fourth-order valence-corrected chi connectivity index (χ4v) is 5.00. The third kappa shape index (κ3) is 184. The minimum atomic E-state index is 1.08. The van der Waals surface area contributed by atoms with Crippen molar-refractivity contribution in [1.82, 2.24) is 0 Å². The summed E-state index contributed by atoms with van der Waals surface area (Å²) in [5.74, 6) is 0. The lowest BCUT2D eigenvalue weighted by molar-refractivity contribution is 1.16. The Kier molecular flexibility index (Phi) is 159. The van der Waals surface area contributed by atoms with E-state index in [1.54, 1.807) is 0 Å². The molecule has 0 bridgehead atoms. The molecular weight excluding hydrogens is 1110 g/mol. The zero-order valence-electron chi connectivity index (χ0n) is 62.9. The topological polar surface area (TPSA) is 0 Å². The Hall–Kier alpha value is -6.76. The molecule has 0 atom stereocenters. The van der Waals surface area contributed by atoms with E-state index in [-0.39, 0.29) is 0 Å². The average molecular weight is 1260 g/mol. The highest BCUT2D eigenvalue weighted by atomic mass is 13.9. The second kappa shape index (κ2) is 137. The van der Waals surface area contributed by atoms with Crippen molar-refractivity contribution >= 4 is 0 Å². The van der Waals surface area contributed by atoms with E-state index in [2.05, 4.69) is 354 Å². The van der Waals surface area contributed by atoms with Crippen molar-refractivity contribution < 1.29 is 0 Å². The van der Waals surface area contributed by atoms with E-state index in [0.29, 0.717) is 0 Å². The molecule has 8 rings (SSSR count). The third-order valence-corrected chi connectivity index (χ3v) is 10.6. The van der Waals surface area contributed by atoms with Crippen LogP contribution in [0, 0.1) is 0 Å². The van der Waals surface area contributed by atoms with Gasteiger partial charge in [-0.2, -0.15) is 0 Å². The van der Waals surface area contributed by atoms with Gasteiger partial charge in [-0.1, -0.05) is 350 Å². The van der Waals surface area contributed by atoms with Gasteiger partial charge in [-0.3, -0.25) is 0 Å².